The van der Waals surface area contributed by atoms with Gasteiger partial charge in [-0.3, -0.25) is 4.79 Å². The van der Waals surface area contributed by atoms with Crippen molar-refractivity contribution in [2.45, 2.75) is 58.0 Å². The molecule has 1 aliphatic carbocycles. The van der Waals surface area contributed by atoms with Crippen LogP contribution in [0.2, 0.25) is 0 Å². The highest BCUT2D eigenvalue weighted by Crippen LogP contribution is 2.40. The predicted molar refractivity (Wildman–Crippen MR) is 130 cm³/mol. The molecule has 0 saturated carbocycles. The molecule has 1 aromatic rings. The highest BCUT2D eigenvalue weighted by molar-refractivity contribution is 7.88. The Morgan fingerprint density at radius 2 is 1.91 bits per heavy atom. The summed E-state index contributed by atoms with van der Waals surface area (Å²) in [6.07, 6.45) is 2.90. The van der Waals surface area contributed by atoms with Gasteiger partial charge in [0.25, 0.3) is 0 Å². The molecule has 194 valence electrons. The van der Waals surface area contributed by atoms with Gasteiger partial charge in [0.05, 0.1) is 18.1 Å². The van der Waals surface area contributed by atoms with E-state index in [1.807, 2.05) is 26.0 Å². The van der Waals surface area contributed by atoms with Crippen molar-refractivity contribution in [3.63, 3.8) is 0 Å². The average Bonchev–Trinajstić information content (AvgIpc) is 2.75. The van der Waals surface area contributed by atoms with Crippen molar-refractivity contribution < 1.29 is 31.5 Å². The van der Waals surface area contributed by atoms with Crippen LogP contribution in [0.15, 0.2) is 36.4 Å². The third-order valence-electron chi connectivity index (χ3n) is 6.91. The molecule has 1 N–H and O–H groups in total. The van der Waals surface area contributed by atoms with Gasteiger partial charge >= 0.3 is 12.1 Å². The molecular weight excluding hydrogens is 479 g/mol. The van der Waals surface area contributed by atoms with Crippen molar-refractivity contribution in [3.05, 3.63) is 53.1 Å². The number of carboxylic acids is 1. The highest BCUT2D eigenvalue weighted by atomic mass is 32.2. The van der Waals surface area contributed by atoms with Gasteiger partial charge < -0.3 is 5.11 Å². The molecule has 0 bridgehead atoms. The molecule has 1 heterocycles. The SMILES string of the molecule is CC(C)CC(C(=O)O)c1cc(C2=CC(C)C(C(F)(F)F)C=C2)cc(C2CCCN(S(C)(=O)=O)C2)c1. The summed E-state index contributed by atoms with van der Waals surface area (Å²) >= 11 is 0. The van der Waals surface area contributed by atoms with Crippen LogP contribution in [0.25, 0.3) is 5.57 Å². The van der Waals surface area contributed by atoms with Crippen LogP contribution in [0.1, 0.15) is 68.6 Å². The number of aliphatic carboxylic acids is 1. The maximum absolute atomic E-state index is 13.3. The topological polar surface area (TPSA) is 74.7 Å². The standard InChI is InChI=1S/C26H34F3NO4S/c1-16(2)10-23(25(31)32)22-13-20(18-7-8-24(17(3)11-18)26(27,28)29)12-21(14-22)19-6-5-9-30(15-19)35(4,33)34/h7-8,11-14,16-17,19,23-24H,5-6,9-10,15H2,1-4H3,(H,31,32). The largest absolute Gasteiger partial charge is 0.481 e. The zero-order valence-electron chi connectivity index (χ0n) is 20.5. The number of rotatable bonds is 7. The number of carboxylic acid groups (broad SMARTS) is 1. The van der Waals surface area contributed by atoms with Crippen LogP contribution < -0.4 is 0 Å². The lowest BCUT2D eigenvalue weighted by Crippen LogP contribution is -2.38. The van der Waals surface area contributed by atoms with E-state index in [0.29, 0.717) is 42.6 Å². The molecule has 0 amide bonds. The molecule has 1 saturated heterocycles. The smallest absolute Gasteiger partial charge is 0.395 e. The zero-order chi connectivity index (χ0) is 26.1. The molecule has 1 aromatic carbocycles. The first-order chi connectivity index (χ1) is 16.2. The molecule has 35 heavy (non-hydrogen) atoms. The second kappa shape index (κ2) is 10.5. The number of sulfonamides is 1. The van der Waals surface area contributed by atoms with Crippen LogP contribution in [-0.4, -0.2) is 49.3 Å². The Morgan fingerprint density at radius 3 is 2.46 bits per heavy atom. The summed E-state index contributed by atoms with van der Waals surface area (Å²) in [7, 11) is -3.37. The number of piperidine rings is 1. The highest BCUT2D eigenvalue weighted by Gasteiger charge is 2.41. The lowest BCUT2D eigenvalue weighted by atomic mass is 9.81. The number of allylic oxidation sites excluding steroid dienone is 4. The third-order valence-corrected chi connectivity index (χ3v) is 8.18. The fraction of sp³-hybridized carbons (Fsp3) is 0.577. The summed E-state index contributed by atoms with van der Waals surface area (Å²) in [5.74, 6) is -4.05. The zero-order valence-corrected chi connectivity index (χ0v) is 21.4. The van der Waals surface area contributed by atoms with Crippen LogP contribution in [0, 0.1) is 17.8 Å². The molecule has 1 fully saturated rings. The molecule has 5 nitrogen and oxygen atoms in total. The van der Waals surface area contributed by atoms with Crippen molar-refractivity contribution in [2.75, 3.05) is 19.3 Å². The van der Waals surface area contributed by atoms with Gasteiger partial charge in [-0.1, -0.05) is 57.2 Å². The van der Waals surface area contributed by atoms with E-state index >= 15 is 0 Å². The molecule has 0 radical (unpaired) electrons. The molecule has 2 aliphatic rings. The molecule has 3 rings (SSSR count). The Kier molecular flexibility index (Phi) is 8.21. The number of benzene rings is 1. The first-order valence-corrected chi connectivity index (χ1v) is 13.8. The minimum Gasteiger partial charge on any atom is -0.481 e. The predicted octanol–water partition coefficient (Wildman–Crippen LogP) is 5.81. The number of nitrogens with zero attached hydrogens (tertiary/aromatic N) is 1. The van der Waals surface area contributed by atoms with E-state index in [9.17, 15) is 31.5 Å². The van der Waals surface area contributed by atoms with Crippen LogP contribution in [0.4, 0.5) is 13.2 Å². The van der Waals surface area contributed by atoms with Gasteiger partial charge in [-0.15, -0.1) is 0 Å². The summed E-state index contributed by atoms with van der Waals surface area (Å²) in [6, 6.07) is 5.49. The van der Waals surface area contributed by atoms with Crippen LogP contribution in [-0.2, 0) is 14.8 Å². The monoisotopic (exact) mass is 513 g/mol. The summed E-state index contributed by atoms with van der Waals surface area (Å²) in [5.41, 5.74) is 2.69. The van der Waals surface area contributed by atoms with E-state index in [4.69, 9.17) is 0 Å². The molecule has 9 heteroatoms. The van der Waals surface area contributed by atoms with E-state index in [2.05, 4.69) is 0 Å². The number of hydrogen-bond acceptors (Lipinski definition) is 3. The minimum atomic E-state index is -4.34. The van der Waals surface area contributed by atoms with Gasteiger partial charge in [-0.05, 0) is 59.3 Å². The minimum absolute atomic E-state index is 0.125. The number of halogens is 3. The van der Waals surface area contributed by atoms with E-state index in [-0.39, 0.29) is 11.8 Å². The summed E-state index contributed by atoms with van der Waals surface area (Å²) in [5, 5.41) is 9.95. The Bertz CT molecular complexity index is 1110. The van der Waals surface area contributed by atoms with Crippen molar-refractivity contribution in [1.29, 1.82) is 0 Å². The summed E-state index contributed by atoms with van der Waals surface area (Å²) in [6.45, 7) is 6.15. The van der Waals surface area contributed by atoms with Gasteiger partial charge in [-0.25, -0.2) is 12.7 Å². The first-order valence-electron chi connectivity index (χ1n) is 12.0. The fourth-order valence-electron chi connectivity index (χ4n) is 5.07. The van der Waals surface area contributed by atoms with Crippen molar-refractivity contribution in [1.82, 2.24) is 4.31 Å². The Morgan fingerprint density at radius 1 is 1.23 bits per heavy atom. The molecule has 0 spiro atoms. The number of carbonyl (C=O) groups is 1. The average molecular weight is 514 g/mol. The number of hydrogen-bond donors (Lipinski definition) is 1. The molecule has 4 atom stereocenters. The van der Waals surface area contributed by atoms with Gasteiger partial charge in [0.1, 0.15) is 0 Å². The van der Waals surface area contributed by atoms with Gasteiger partial charge in [-0.2, -0.15) is 13.2 Å². The van der Waals surface area contributed by atoms with Crippen molar-refractivity contribution in [3.8, 4) is 0 Å². The van der Waals surface area contributed by atoms with Crippen LogP contribution in [0.5, 0.6) is 0 Å². The van der Waals surface area contributed by atoms with E-state index < -0.39 is 39.9 Å². The van der Waals surface area contributed by atoms with Gasteiger partial charge in [0.2, 0.25) is 10.0 Å². The van der Waals surface area contributed by atoms with E-state index in [0.717, 1.165) is 12.0 Å². The normalized spacial score (nSPS) is 24.9. The fourth-order valence-corrected chi connectivity index (χ4v) is 5.98. The third kappa shape index (κ3) is 6.76. The Balaban J connectivity index is 2.07. The Labute approximate surface area is 205 Å². The van der Waals surface area contributed by atoms with Crippen LogP contribution in [0.3, 0.4) is 0 Å². The lowest BCUT2D eigenvalue weighted by molar-refractivity contribution is -0.168. The van der Waals surface area contributed by atoms with E-state index in [1.165, 1.54) is 29.6 Å². The molecule has 1 aliphatic heterocycles. The van der Waals surface area contributed by atoms with Crippen LogP contribution >= 0.6 is 0 Å². The second-order valence-corrected chi connectivity index (χ2v) is 12.3. The molecular formula is C26H34F3NO4S. The Hall–Kier alpha value is -2.13. The molecule has 4 unspecified atom stereocenters. The van der Waals surface area contributed by atoms with Gasteiger partial charge in [0, 0.05) is 13.1 Å². The first kappa shape index (κ1) is 27.5. The maximum atomic E-state index is 13.3. The lowest BCUT2D eigenvalue weighted by Gasteiger charge is -2.32. The quantitative estimate of drug-likeness (QED) is 0.500. The van der Waals surface area contributed by atoms with Crippen molar-refractivity contribution >= 4 is 21.6 Å². The van der Waals surface area contributed by atoms with Gasteiger partial charge in [0.15, 0.2) is 0 Å². The number of alkyl halides is 3. The van der Waals surface area contributed by atoms with Crippen molar-refractivity contribution in [2.24, 2.45) is 17.8 Å². The second-order valence-electron chi connectivity index (χ2n) is 10.3. The maximum Gasteiger partial charge on any atom is 0.395 e. The summed E-state index contributed by atoms with van der Waals surface area (Å²) in [4.78, 5) is 12.2. The molecule has 0 aromatic heterocycles. The van der Waals surface area contributed by atoms with E-state index in [1.54, 1.807) is 12.1 Å². The summed E-state index contributed by atoms with van der Waals surface area (Å²) < 4.78 is 65.8.